The highest BCUT2D eigenvalue weighted by Gasteiger charge is 2.07. The fourth-order valence-corrected chi connectivity index (χ4v) is 1.84. The average Bonchev–Trinajstić information content (AvgIpc) is 2.37. The molecule has 1 heterocycles. The maximum absolute atomic E-state index is 11.8. The van der Waals surface area contributed by atoms with Crippen molar-refractivity contribution in [3.63, 3.8) is 0 Å². The quantitative estimate of drug-likeness (QED) is 0.877. The summed E-state index contributed by atoms with van der Waals surface area (Å²) in [5, 5.41) is 3.70. The van der Waals surface area contributed by atoms with Gasteiger partial charge in [0.2, 0.25) is 0 Å². The standard InChI is InChI=1S/C13H10Cl2N2O/c14-11-4-2-1-3-10(11)8-17-13(18)9-5-6-16-12(15)7-9/h1-7H,8H2,(H,17,18). The van der Waals surface area contributed by atoms with Gasteiger partial charge in [-0.05, 0) is 23.8 Å². The van der Waals surface area contributed by atoms with E-state index in [0.717, 1.165) is 5.56 Å². The molecule has 0 radical (unpaired) electrons. The molecule has 2 rings (SSSR count). The molecule has 0 aliphatic heterocycles. The lowest BCUT2D eigenvalue weighted by Crippen LogP contribution is -2.22. The Morgan fingerprint density at radius 2 is 2.00 bits per heavy atom. The summed E-state index contributed by atoms with van der Waals surface area (Å²) in [7, 11) is 0. The first-order valence-electron chi connectivity index (χ1n) is 5.30. The Morgan fingerprint density at radius 1 is 1.22 bits per heavy atom. The van der Waals surface area contributed by atoms with Crippen LogP contribution in [-0.4, -0.2) is 10.9 Å². The van der Waals surface area contributed by atoms with Gasteiger partial charge >= 0.3 is 0 Å². The van der Waals surface area contributed by atoms with Crippen molar-refractivity contribution < 1.29 is 4.79 Å². The summed E-state index contributed by atoms with van der Waals surface area (Å²) in [5.74, 6) is -0.209. The molecule has 0 aliphatic rings. The van der Waals surface area contributed by atoms with Crippen LogP contribution < -0.4 is 5.32 Å². The molecule has 0 bridgehead atoms. The van der Waals surface area contributed by atoms with E-state index in [-0.39, 0.29) is 5.91 Å². The van der Waals surface area contributed by atoms with E-state index in [0.29, 0.717) is 22.3 Å². The first kappa shape index (κ1) is 12.9. The minimum absolute atomic E-state index is 0.209. The van der Waals surface area contributed by atoms with Crippen LogP contribution >= 0.6 is 23.2 Å². The van der Waals surface area contributed by atoms with Gasteiger partial charge in [0.15, 0.2) is 0 Å². The first-order chi connectivity index (χ1) is 8.66. The van der Waals surface area contributed by atoms with Crippen LogP contribution in [0, 0.1) is 0 Å². The van der Waals surface area contributed by atoms with E-state index in [1.807, 2.05) is 18.2 Å². The normalized spacial score (nSPS) is 10.1. The number of nitrogens with one attached hydrogen (secondary N) is 1. The summed E-state index contributed by atoms with van der Waals surface area (Å²) in [6.07, 6.45) is 1.49. The molecular formula is C13H10Cl2N2O. The van der Waals surface area contributed by atoms with Crippen LogP contribution in [0.15, 0.2) is 42.6 Å². The third kappa shape index (κ3) is 3.22. The zero-order valence-corrected chi connectivity index (χ0v) is 10.9. The molecule has 92 valence electrons. The number of carbonyl (C=O) groups is 1. The van der Waals surface area contributed by atoms with Crippen molar-refractivity contribution in [2.24, 2.45) is 0 Å². The van der Waals surface area contributed by atoms with E-state index in [1.54, 1.807) is 12.1 Å². The molecule has 1 aromatic heterocycles. The van der Waals surface area contributed by atoms with E-state index in [9.17, 15) is 4.79 Å². The third-order valence-electron chi connectivity index (χ3n) is 2.39. The van der Waals surface area contributed by atoms with Crippen molar-refractivity contribution in [2.75, 3.05) is 0 Å². The lowest BCUT2D eigenvalue weighted by Gasteiger charge is -2.06. The summed E-state index contributed by atoms with van der Waals surface area (Å²) in [6.45, 7) is 0.373. The van der Waals surface area contributed by atoms with Crippen LogP contribution in [0.2, 0.25) is 10.2 Å². The molecule has 1 amide bonds. The summed E-state index contributed by atoms with van der Waals surface area (Å²) < 4.78 is 0. The fourth-order valence-electron chi connectivity index (χ4n) is 1.46. The Bertz CT molecular complexity index is 572. The van der Waals surface area contributed by atoms with E-state index < -0.39 is 0 Å². The van der Waals surface area contributed by atoms with E-state index in [4.69, 9.17) is 23.2 Å². The molecule has 3 nitrogen and oxygen atoms in total. The predicted molar refractivity (Wildman–Crippen MR) is 71.9 cm³/mol. The van der Waals surface area contributed by atoms with Crippen LogP contribution in [0.4, 0.5) is 0 Å². The average molecular weight is 281 g/mol. The van der Waals surface area contributed by atoms with Gasteiger partial charge in [-0.2, -0.15) is 0 Å². The largest absolute Gasteiger partial charge is 0.348 e. The van der Waals surface area contributed by atoms with Crippen molar-refractivity contribution in [1.29, 1.82) is 0 Å². The number of halogens is 2. The molecule has 0 spiro atoms. The van der Waals surface area contributed by atoms with Crippen LogP contribution in [0.5, 0.6) is 0 Å². The minimum Gasteiger partial charge on any atom is -0.348 e. The summed E-state index contributed by atoms with van der Waals surface area (Å²) in [6, 6.07) is 10.5. The number of benzene rings is 1. The fraction of sp³-hybridized carbons (Fsp3) is 0.0769. The highest BCUT2D eigenvalue weighted by molar-refractivity contribution is 6.31. The molecule has 1 N–H and O–H groups in total. The number of nitrogens with zero attached hydrogens (tertiary/aromatic N) is 1. The Labute approximate surface area is 115 Å². The Morgan fingerprint density at radius 3 is 2.72 bits per heavy atom. The lowest BCUT2D eigenvalue weighted by molar-refractivity contribution is 0.0951. The van der Waals surface area contributed by atoms with Crippen molar-refractivity contribution in [2.45, 2.75) is 6.54 Å². The molecule has 0 saturated heterocycles. The van der Waals surface area contributed by atoms with Crippen LogP contribution in [0.3, 0.4) is 0 Å². The molecule has 5 heteroatoms. The number of carbonyl (C=O) groups excluding carboxylic acids is 1. The van der Waals surface area contributed by atoms with E-state index in [2.05, 4.69) is 10.3 Å². The molecule has 2 aromatic rings. The molecule has 0 fully saturated rings. The summed E-state index contributed by atoms with van der Waals surface area (Å²) in [5.41, 5.74) is 1.34. The number of rotatable bonds is 3. The van der Waals surface area contributed by atoms with Gasteiger partial charge in [-0.1, -0.05) is 41.4 Å². The molecule has 0 unspecified atom stereocenters. The Kier molecular flexibility index (Phi) is 4.18. The van der Waals surface area contributed by atoms with Gasteiger partial charge in [0, 0.05) is 23.3 Å². The summed E-state index contributed by atoms with van der Waals surface area (Å²) in [4.78, 5) is 15.7. The van der Waals surface area contributed by atoms with E-state index in [1.165, 1.54) is 12.3 Å². The van der Waals surface area contributed by atoms with Crippen molar-refractivity contribution >= 4 is 29.1 Å². The molecule has 0 aliphatic carbocycles. The van der Waals surface area contributed by atoms with Crippen LogP contribution in [0.25, 0.3) is 0 Å². The zero-order chi connectivity index (χ0) is 13.0. The topological polar surface area (TPSA) is 42.0 Å². The van der Waals surface area contributed by atoms with E-state index >= 15 is 0 Å². The lowest BCUT2D eigenvalue weighted by atomic mass is 10.2. The van der Waals surface area contributed by atoms with Gasteiger partial charge in [-0.15, -0.1) is 0 Å². The van der Waals surface area contributed by atoms with Gasteiger partial charge in [0.25, 0.3) is 5.91 Å². The van der Waals surface area contributed by atoms with Crippen LogP contribution in [0.1, 0.15) is 15.9 Å². The number of pyridine rings is 1. The molecule has 18 heavy (non-hydrogen) atoms. The third-order valence-corrected chi connectivity index (χ3v) is 2.96. The highest BCUT2D eigenvalue weighted by atomic mass is 35.5. The van der Waals surface area contributed by atoms with Gasteiger partial charge < -0.3 is 5.32 Å². The Balaban J connectivity index is 2.03. The Hall–Kier alpha value is -1.58. The first-order valence-corrected chi connectivity index (χ1v) is 6.05. The van der Waals surface area contributed by atoms with Crippen molar-refractivity contribution in [1.82, 2.24) is 10.3 Å². The second-order valence-electron chi connectivity index (χ2n) is 3.64. The summed E-state index contributed by atoms with van der Waals surface area (Å²) >= 11 is 11.7. The second kappa shape index (κ2) is 5.85. The number of hydrogen-bond acceptors (Lipinski definition) is 2. The zero-order valence-electron chi connectivity index (χ0n) is 9.36. The maximum atomic E-state index is 11.8. The van der Waals surface area contributed by atoms with Crippen molar-refractivity contribution in [3.8, 4) is 0 Å². The number of amides is 1. The molecule has 0 atom stereocenters. The van der Waals surface area contributed by atoms with Crippen molar-refractivity contribution in [3.05, 3.63) is 63.9 Å². The second-order valence-corrected chi connectivity index (χ2v) is 4.44. The maximum Gasteiger partial charge on any atom is 0.251 e. The van der Waals surface area contributed by atoms with Gasteiger partial charge in [0.05, 0.1) is 0 Å². The monoisotopic (exact) mass is 280 g/mol. The van der Waals surface area contributed by atoms with Crippen LogP contribution in [-0.2, 0) is 6.54 Å². The van der Waals surface area contributed by atoms with Gasteiger partial charge in [0.1, 0.15) is 5.15 Å². The molecular weight excluding hydrogens is 271 g/mol. The smallest absolute Gasteiger partial charge is 0.251 e. The molecule has 0 saturated carbocycles. The van der Waals surface area contributed by atoms with Gasteiger partial charge in [-0.25, -0.2) is 4.98 Å². The SMILES string of the molecule is O=C(NCc1ccccc1Cl)c1ccnc(Cl)c1. The number of aromatic nitrogens is 1. The molecule has 1 aromatic carbocycles. The minimum atomic E-state index is -0.209. The predicted octanol–water partition coefficient (Wildman–Crippen LogP) is 3.32. The highest BCUT2D eigenvalue weighted by Crippen LogP contribution is 2.14. The van der Waals surface area contributed by atoms with Gasteiger partial charge in [-0.3, -0.25) is 4.79 Å². The number of hydrogen-bond donors (Lipinski definition) is 1.